The molecule has 3 heteroatoms. The molecule has 1 atom stereocenters. The highest BCUT2D eigenvalue weighted by atomic mass is 35.5. The summed E-state index contributed by atoms with van der Waals surface area (Å²) in [5.41, 5.74) is 8.25. The van der Waals surface area contributed by atoms with Crippen molar-refractivity contribution in [3.63, 3.8) is 0 Å². The first-order valence-corrected chi connectivity index (χ1v) is 6.27. The Kier molecular flexibility index (Phi) is 4.79. The largest absolute Gasteiger partial charge is 0.323 e. The molecule has 0 aliphatic heterocycles. The van der Waals surface area contributed by atoms with E-state index in [-0.39, 0.29) is 6.04 Å². The van der Waals surface area contributed by atoms with Crippen LogP contribution < -0.4 is 5.73 Å². The normalized spacial score (nSPS) is 12.9. The van der Waals surface area contributed by atoms with E-state index in [0.29, 0.717) is 0 Å². The zero-order valence-electron chi connectivity index (χ0n) is 8.59. The summed E-state index contributed by atoms with van der Waals surface area (Å²) in [6.45, 7) is 4.14. The summed E-state index contributed by atoms with van der Waals surface area (Å²) in [4.78, 5) is 0. The molecular formula is C11H16ClNS. The summed E-state index contributed by atoms with van der Waals surface area (Å²) in [5.74, 6) is 2.06. The predicted molar refractivity (Wildman–Crippen MR) is 66.1 cm³/mol. The van der Waals surface area contributed by atoms with E-state index in [2.05, 4.69) is 13.0 Å². The smallest absolute Gasteiger partial charge is 0.0438 e. The standard InChI is InChI=1S/C11H16ClNS/c1-3-14-7-11(13)9-5-4-8(2)10(12)6-9/h4-6,11H,3,7,13H2,1-2H3. The van der Waals surface area contributed by atoms with Crippen molar-refractivity contribution in [3.8, 4) is 0 Å². The first kappa shape index (κ1) is 11.9. The molecule has 0 radical (unpaired) electrons. The lowest BCUT2D eigenvalue weighted by atomic mass is 10.1. The zero-order valence-corrected chi connectivity index (χ0v) is 10.2. The number of rotatable bonds is 4. The monoisotopic (exact) mass is 229 g/mol. The van der Waals surface area contributed by atoms with E-state index in [1.807, 2.05) is 30.8 Å². The molecule has 14 heavy (non-hydrogen) atoms. The second kappa shape index (κ2) is 5.64. The lowest BCUT2D eigenvalue weighted by molar-refractivity contribution is 0.831. The van der Waals surface area contributed by atoms with E-state index in [9.17, 15) is 0 Å². The molecule has 0 fully saturated rings. The topological polar surface area (TPSA) is 26.0 Å². The third-order valence-corrected chi connectivity index (χ3v) is 3.54. The number of nitrogens with two attached hydrogens (primary N) is 1. The molecule has 1 nitrogen and oxygen atoms in total. The Hall–Kier alpha value is -0.180. The van der Waals surface area contributed by atoms with Gasteiger partial charge in [0, 0.05) is 16.8 Å². The summed E-state index contributed by atoms with van der Waals surface area (Å²) in [6, 6.07) is 6.15. The Morgan fingerprint density at radius 2 is 2.21 bits per heavy atom. The van der Waals surface area contributed by atoms with Gasteiger partial charge in [-0.15, -0.1) is 0 Å². The van der Waals surface area contributed by atoms with E-state index in [4.69, 9.17) is 17.3 Å². The molecule has 0 bridgehead atoms. The molecular weight excluding hydrogens is 214 g/mol. The molecule has 78 valence electrons. The summed E-state index contributed by atoms with van der Waals surface area (Å²) in [7, 11) is 0. The SMILES string of the molecule is CCSCC(N)c1ccc(C)c(Cl)c1. The van der Waals surface area contributed by atoms with Crippen LogP contribution in [-0.2, 0) is 0 Å². The van der Waals surface area contributed by atoms with Crippen LogP contribution in [0.3, 0.4) is 0 Å². The number of hydrogen-bond acceptors (Lipinski definition) is 2. The van der Waals surface area contributed by atoms with E-state index in [0.717, 1.165) is 27.7 Å². The van der Waals surface area contributed by atoms with Gasteiger partial charge < -0.3 is 5.73 Å². The van der Waals surface area contributed by atoms with Gasteiger partial charge in [0.15, 0.2) is 0 Å². The van der Waals surface area contributed by atoms with Gasteiger partial charge in [-0.3, -0.25) is 0 Å². The molecule has 0 aliphatic carbocycles. The summed E-state index contributed by atoms with van der Waals surface area (Å²) < 4.78 is 0. The molecule has 0 spiro atoms. The zero-order chi connectivity index (χ0) is 10.6. The quantitative estimate of drug-likeness (QED) is 0.857. The molecule has 0 saturated heterocycles. The number of aryl methyl sites for hydroxylation is 1. The van der Waals surface area contributed by atoms with Crippen LogP contribution in [0, 0.1) is 6.92 Å². The minimum Gasteiger partial charge on any atom is -0.323 e. The molecule has 0 heterocycles. The lowest BCUT2D eigenvalue weighted by Gasteiger charge is -2.12. The molecule has 0 aromatic heterocycles. The van der Waals surface area contributed by atoms with Crippen LogP contribution in [0.5, 0.6) is 0 Å². The fraction of sp³-hybridized carbons (Fsp3) is 0.455. The van der Waals surface area contributed by atoms with Gasteiger partial charge in [0.1, 0.15) is 0 Å². The Balaban J connectivity index is 2.70. The number of halogens is 1. The highest BCUT2D eigenvalue weighted by Gasteiger charge is 2.06. The third kappa shape index (κ3) is 3.19. The van der Waals surface area contributed by atoms with Gasteiger partial charge in [-0.25, -0.2) is 0 Å². The maximum atomic E-state index is 6.03. The second-order valence-electron chi connectivity index (χ2n) is 3.27. The molecule has 0 aliphatic rings. The molecule has 0 saturated carbocycles. The van der Waals surface area contributed by atoms with Crippen LogP contribution in [0.2, 0.25) is 5.02 Å². The second-order valence-corrected chi connectivity index (χ2v) is 5.00. The van der Waals surface area contributed by atoms with Crippen LogP contribution >= 0.6 is 23.4 Å². The maximum Gasteiger partial charge on any atom is 0.0438 e. The molecule has 1 aromatic rings. The summed E-state index contributed by atoms with van der Waals surface area (Å²) in [5, 5.41) is 0.805. The van der Waals surface area contributed by atoms with Crippen molar-refractivity contribution < 1.29 is 0 Å². The first-order chi connectivity index (χ1) is 6.65. The number of benzene rings is 1. The van der Waals surface area contributed by atoms with Gasteiger partial charge in [0.2, 0.25) is 0 Å². The van der Waals surface area contributed by atoms with Crippen molar-refractivity contribution >= 4 is 23.4 Å². The average molecular weight is 230 g/mol. The van der Waals surface area contributed by atoms with Crippen molar-refractivity contribution in [2.24, 2.45) is 5.73 Å². The van der Waals surface area contributed by atoms with Gasteiger partial charge in [0.05, 0.1) is 0 Å². The highest BCUT2D eigenvalue weighted by molar-refractivity contribution is 7.99. The highest BCUT2D eigenvalue weighted by Crippen LogP contribution is 2.22. The van der Waals surface area contributed by atoms with Crippen molar-refractivity contribution in [2.75, 3.05) is 11.5 Å². The third-order valence-electron chi connectivity index (χ3n) is 2.13. The predicted octanol–water partition coefficient (Wildman–Crippen LogP) is 3.40. The molecule has 1 rings (SSSR count). The average Bonchev–Trinajstić information content (AvgIpc) is 2.18. The Labute approximate surface area is 95.0 Å². The van der Waals surface area contributed by atoms with Gasteiger partial charge >= 0.3 is 0 Å². The Bertz CT molecular complexity index is 301. The van der Waals surface area contributed by atoms with Crippen LogP contribution in [0.25, 0.3) is 0 Å². The van der Waals surface area contributed by atoms with E-state index in [1.54, 1.807) is 0 Å². The van der Waals surface area contributed by atoms with Crippen LogP contribution in [0.15, 0.2) is 18.2 Å². The van der Waals surface area contributed by atoms with Crippen LogP contribution in [0.4, 0.5) is 0 Å². The fourth-order valence-corrected chi connectivity index (χ4v) is 2.05. The van der Waals surface area contributed by atoms with Crippen molar-refractivity contribution in [1.82, 2.24) is 0 Å². The first-order valence-electron chi connectivity index (χ1n) is 4.74. The van der Waals surface area contributed by atoms with E-state index < -0.39 is 0 Å². The van der Waals surface area contributed by atoms with Crippen LogP contribution in [0.1, 0.15) is 24.1 Å². The van der Waals surface area contributed by atoms with Crippen molar-refractivity contribution in [2.45, 2.75) is 19.9 Å². The van der Waals surface area contributed by atoms with Gasteiger partial charge in [-0.05, 0) is 29.9 Å². The number of hydrogen-bond donors (Lipinski definition) is 1. The lowest BCUT2D eigenvalue weighted by Crippen LogP contribution is -2.13. The van der Waals surface area contributed by atoms with E-state index >= 15 is 0 Å². The fourth-order valence-electron chi connectivity index (χ4n) is 1.18. The molecule has 0 amide bonds. The van der Waals surface area contributed by atoms with Gasteiger partial charge in [0.25, 0.3) is 0 Å². The maximum absolute atomic E-state index is 6.03. The Morgan fingerprint density at radius 1 is 1.50 bits per heavy atom. The van der Waals surface area contributed by atoms with Crippen molar-refractivity contribution in [3.05, 3.63) is 34.3 Å². The summed E-state index contributed by atoms with van der Waals surface area (Å²) in [6.07, 6.45) is 0. The molecule has 1 aromatic carbocycles. The summed E-state index contributed by atoms with van der Waals surface area (Å²) >= 11 is 7.88. The molecule has 2 N–H and O–H groups in total. The van der Waals surface area contributed by atoms with Gasteiger partial charge in [-0.2, -0.15) is 11.8 Å². The number of thioether (sulfide) groups is 1. The minimum atomic E-state index is 0.0954. The van der Waals surface area contributed by atoms with Gasteiger partial charge in [-0.1, -0.05) is 30.7 Å². The van der Waals surface area contributed by atoms with Crippen LogP contribution in [-0.4, -0.2) is 11.5 Å². The minimum absolute atomic E-state index is 0.0954. The Morgan fingerprint density at radius 3 is 2.79 bits per heavy atom. The molecule has 1 unspecified atom stereocenters. The van der Waals surface area contributed by atoms with E-state index in [1.165, 1.54) is 0 Å². The van der Waals surface area contributed by atoms with Crippen molar-refractivity contribution in [1.29, 1.82) is 0 Å².